The largest absolute Gasteiger partial charge is 0.355 e. The van der Waals surface area contributed by atoms with Crippen molar-refractivity contribution in [3.05, 3.63) is 114 Å². The summed E-state index contributed by atoms with van der Waals surface area (Å²) in [5, 5.41) is 19.0. The zero-order valence-electron chi connectivity index (χ0n) is 18.9. The summed E-state index contributed by atoms with van der Waals surface area (Å²) in [4.78, 5) is 21.2. The molecule has 0 aliphatic carbocycles. The minimum absolute atomic E-state index is 0.0720. The summed E-state index contributed by atoms with van der Waals surface area (Å²) in [5.41, 5.74) is 4.43. The van der Waals surface area contributed by atoms with E-state index in [1.165, 1.54) is 12.1 Å². The first kappa shape index (κ1) is 22.5. The smallest absolute Gasteiger partial charge is 0.255 e. The fourth-order valence-electron chi connectivity index (χ4n) is 3.71. The highest BCUT2D eigenvalue weighted by molar-refractivity contribution is 6.05. The van der Waals surface area contributed by atoms with Gasteiger partial charge >= 0.3 is 0 Å². The standard InChI is InChI=1S/C28H19FN6O/c29-24-16-22(33-20-8-11-31-12-9-20)5-7-27(24)35-28(36)19-2-1-3-21(15-19)34-26-10-13-32-25-6-4-18(17-30)14-23(25)26/h1-16H,(H,31,33)(H,32,34)(H,35,36). The number of aromatic nitrogens is 2. The zero-order chi connectivity index (χ0) is 24.9. The van der Waals surface area contributed by atoms with Crippen molar-refractivity contribution in [3.63, 3.8) is 0 Å². The molecular formula is C28H19FN6O. The van der Waals surface area contributed by atoms with Crippen molar-refractivity contribution in [1.82, 2.24) is 9.97 Å². The van der Waals surface area contributed by atoms with Gasteiger partial charge in [0.25, 0.3) is 5.91 Å². The molecule has 7 nitrogen and oxygen atoms in total. The monoisotopic (exact) mass is 474 g/mol. The Balaban J connectivity index is 1.33. The van der Waals surface area contributed by atoms with Crippen molar-refractivity contribution in [2.24, 2.45) is 0 Å². The van der Waals surface area contributed by atoms with Crippen LogP contribution in [0.15, 0.2) is 97.5 Å². The van der Waals surface area contributed by atoms with Crippen LogP contribution in [-0.2, 0) is 0 Å². The number of hydrogen-bond acceptors (Lipinski definition) is 6. The lowest BCUT2D eigenvalue weighted by Crippen LogP contribution is -2.13. The highest BCUT2D eigenvalue weighted by atomic mass is 19.1. The second kappa shape index (κ2) is 9.91. The maximum absolute atomic E-state index is 14.7. The number of nitriles is 1. The molecule has 0 fully saturated rings. The molecule has 8 heteroatoms. The van der Waals surface area contributed by atoms with Crippen LogP contribution >= 0.6 is 0 Å². The predicted molar refractivity (Wildman–Crippen MR) is 138 cm³/mol. The van der Waals surface area contributed by atoms with E-state index >= 15 is 0 Å². The Morgan fingerprint density at radius 3 is 2.44 bits per heavy atom. The lowest BCUT2D eigenvalue weighted by atomic mass is 10.1. The van der Waals surface area contributed by atoms with Crippen LogP contribution in [0.1, 0.15) is 15.9 Å². The predicted octanol–water partition coefficient (Wildman–Crippen LogP) is 6.38. The van der Waals surface area contributed by atoms with Crippen molar-refractivity contribution in [3.8, 4) is 6.07 Å². The van der Waals surface area contributed by atoms with E-state index in [2.05, 4.69) is 32.0 Å². The number of halogens is 1. The highest BCUT2D eigenvalue weighted by Crippen LogP contribution is 2.27. The lowest BCUT2D eigenvalue weighted by molar-refractivity contribution is 0.102. The molecule has 0 aliphatic heterocycles. The second-order valence-corrected chi connectivity index (χ2v) is 7.92. The molecule has 1 amide bonds. The summed E-state index contributed by atoms with van der Waals surface area (Å²) >= 11 is 0. The van der Waals surface area contributed by atoms with Crippen LogP contribution in [0.3, 0.4) is 0 Å². The number of carbonyl (C=O) groups is 1. The number of benzene rings is 3. The fraction of sp³-hybridized carbons (Fsp3) is 0. The van der Waals surface area contributed by atoms with Crippen molar-refractivity contribution >= 4 is 45.2 Å². The Labute approximate surface area is 206 Å². The third-order valence-electron chi connectivity index (χ3n) is 5.46. The maximum Gasteiger partial charge on any atom is 0.255 e. The van der Waals surface area contributed by atoms with Crippen molar-refractivity contribution < 1.29 is 9.18 Å². The number of anilines is 5. The summed E-state index contributed by atoms with van der Waals surface area (Å²) in [6.07, 6.45) is 4.94. The molecule has 2 aromatic heterocycles. The lowest BCUT2D eigenvalue weighted by Gasteiger charge is -2.12. The van der Waals surface area contributed by atoms with E-state index in [4.69, 9.17) is 0 Å². The van der Waals surface area contributed by atoms with Gasteiger partial charge in [0, 0.05) is 52.3 Å². The number of nitrogens with one attached hydrogen (secondary N) is 3. The van der Waals surface area contributed by atoms with Crippen LogP contribution in [0.25, 0.3) is 10.9 Å². The molecule has 0 radical (unpaired) electrons. The molecule has 0 saturated heterocycles. The summed E-state index contributed by atoms with van der Waals surface area (Å²) < 4.78 is 14.7. The van der Waals surface area contributed by atoms with Gasteiger partial charge in [-0.1, -0.05) is 6.07 Å². The summed E-state index contributed by atoms with van der Waals surface area (Å²) in [7, 11) is 0. The molecule has 0 unspecified atom stereocenters. The summed E-state index contributed by atoms with van der Waals surface area (Å²) in [5.74, 6) is -1.01. The molecular weight excluding hydrogens is 455 g/mol. The van der Waals surface area contributed by atoms with Gasteiger partial charge in [-0.05, 0) is 72.8 Å². The molecule has 3 aromatic carbocycles. The SMILES string of the molecule is N#Cc1ccc2nccc(Nc3cccc(C(=O)Nc4ccc(Nc5ccncc5)cc4F)c3)c2c1. The normalized spacial score (nSPS) is 10.4. The topological polar surface area (TPSA) is 103 Å². The van der Waals surface area contributed by atoms with E-state index in [0.29, 0.717) is 22.5 Å². The van der Waals surface area contributed by atoms with Gasteiger partial charge in [-0.2, -0.15) is 5.26 Å². The van der Waals surface area contributed by atoms with E-state index in [9.17, 15) is 14.4 Å². The Bertz CT molecular complexity index is 1610. The number of nitrogens with zero attached hydrogens (tertiary/aromatic N) is 3. The van der Waals surface area contributed by atoms with Gasteiger partial charge in [0.2, 0.25) is 0 Å². The van der Waals surface area contributed by atoms with E-state index in [1.807, 2.05) is 6.07 Å². The molecule has 0 spiro atoms. The van der Waals surface area contributed by atoms with Crippen LogP contribution < -0.4 is 16.0 Å². The highest BCUT2D eigenvalue weighted by Gasteiger charge is 2.12. The zero-order valence-corrected chi connectivity index (χ0v) is 18.9. The van der Waals surface area contributed by atoms with Crippen LogP contribution in [0, 0.1) is 17.1 Å². The average molecular weight is 474 g/mol. The van der Waals surface area contributed by atoms with Gasteiger partial charge in [0.05, 0.1) is 22.8 Å². The van der Waals surface area contributed by atoms with E-state index in [0.717, 1.165) is 22.3 Å². The van der Waals surface area contributed by atoms with Crippen LogP contribution in [0.4, 0.5) is 32.8 Å². The van der Waals surface area contributed by atoms with Gasteiger partial charge in [0.1, 0.15) is 5.82 Å². The third-order valence-corrected chi connectivity index (χ3v) is 5.46. The second-order valence-electron chi connectivity index (χ2n) is 7.92. The summed E-state index contributed by atoms with van der Waals surface area (Å²) in [6.45, 7) is 0. The Morgan fingerprint density at radius 2 is 1.64 bits per heavy atom. The van der Waals surface area contributed by atoms with Crippen molar-refractivity contribution in [2.45, 2.75) is 0 Å². The Kier molecular flexibility index (Phi) is 6.19. The van der Waals surface area contributed by atoms with Gasteiger partial charge in [0.15, 0.2) is 0 Å². The van der Waals surface area contributed by atoms with Gasteiger partial charge < -0.3 is 16.0 Å². The molecule has 2 heterocycles. The molecule has 0 atom stereocenters. The van der Waals surface area contributed by atoms with E-state index in [1.54, 1.807) is 79.3 Å². The Hall–Kier alpha value is -5.29. The molecule has 0 aliphatic rings. The van der Waals surface area contributed by atoms with Gasteiger partial charge in [-0.15, -0.1) is 0 Å². The number of hydrogen-bond donors (Lipinski definition) is 3. The first-order valence-electron chi connectivity index (χ1n) is 11.0. The molecule has 174 valence electrons. The molecule has 0 saturated carbocycles. The maximum atomic E-state index is 14.7. The Morgan fingerprint density at radius 1 is 0.806 bits per heavy atom. The number of fused-ring (bicyclic) bond motifs is 1. The molecule has 3 N–H and O–H groups in total. The summed E-state index contributed by atoms with van der Waals surface area (Å²) in [6, 6.07) is 24.1. The van der Waals surface area contributed by atoms with E-state index < -0.39 is 11.7 Å². The number of amides is 1. The van der Waals surface area contributed by atoms with Crippen LogP contribution in [0.2, 0.25) is 0 Å². The molecule has 0 bridgehead atoms. The van der Waals surface area contributed by atoms with Crippen molar-refractivity contribution in [1.29, 1.82) is 5.26 Å². The van der Waals surface area contributed by atoms with Crippen molar-refractivity contribution in [2.75, 3.05) is 16.0 Å². The number of carbonyl (C=O) groups excluding carboxylic acids is 1. The first-order valence-corrected chi connectivity index (χ1v) is 11.0. The van der Waals surface area contributed by atoms with E-state index in [-0.39, 0.29) is 5.69 Å². The molecule has 5 rings (SSSR count). The van der Waals surface area contributed by atoms with Crippen LogP contribution in [0.5, 0.6) is 0 Å². The number of pyridine rings is 2. The fourth-order valence-corrected chi connectivity index (χ4v) is 3.71. The number of rotatable bonds is 6. The minimum atomic E-state index is -0.562. The molecule has 5 aromatic rings. The average Bonchev–Trinajstić information content (AvgIpc) is 2.91. The molecule has 36 heavy (non-hydrogen) atoms. The van der Waals surface area contributed by atoms with Gasteiger partial charge in [-0.3, -0.25) is 14.8 Å². The third kappa shape index (κ3) is 4.95. The quantitative estimate of drug-likeness (QED) is 0.264. The van der Waals surface area contributed by atoms with Crippen LogP contribution in [-0.4, -0.2) is 15.9 Å². The minimum Gasteiger partial charge on any atom is -0.355 e. The van der Waals surface area contributed by atoms with Gasteiger partial charge in [-0.25, -0.2) is 4.39 Å². The first-order chi connectivity index (χ1) is 17.6.